The lowest BCUT2D eigenvalue weighted by atomic mass is 9.90. The van der Waals surface area contributed by atoms with E-state index in [-0.39, 0.29) is 16.6 Å². The van der Waals surface area contributed by atoms with E-state index in [4.69, 9.17) is 5.73 Å². The number of carbonyl (C=O) groups is 1. The van der Waals surface area contributed by atoms with Crippen molar-refractivity contribution in [3.8, 4) is 0 Å². The molecule has 0 saturated heterocycles. The molecule has 0 bridgehead atoms. The summed E-state index contributed by atoms with van der Waals surface area (Å²) in [5.41, 5.74) is 6.34. The van der Waals surface area contributed by atoms with E-state index in [0.717, 1.165) is 6.42 Å². The molecule has 5 nitrogen and oxygen atoms in total. The summed E-state index contributed by atoms with van der Waals surface area (Å²) in [6, 6.07) is 15.1. The molecular formula is C21H28N2O3S. The normalized spacial score (nSPS) is 14.0. The van der Waals surface area contributed by atoms with Crippen molar-refractivity contribution in [2.45, 2.75) is 43.4 Å². The Morgan fingerprint density at radius 1 is 1.11 bits per heavy atom. The fraction of sp³-hybridized carbons (Fsp3) is 0.381. The van der Waals surface area contributed by atoms with E-state index in [1.165, 1.54) is 12.1 Å². The van der Waals surface area contributed by atoms with Crippen LogP contribution in [0.3, 0.4) is 0 Å². The van der Waals surface area contributed by atoms with Crippen LogP contribution in [0.4, 0.5) is 0 Å². The van der Waals surface area contributed by atoms with Gasteiger partial charge in [0.05, 0.1) is 10.6 Å². The van der Waals surface area contributed by atoms with Gasteiger partial charge in [-0.2, -0.15) is 0 Å². The quantitative estimate of drug-likeness (QED) is 0.727. The molecule has 2 rings (SSSR count). The zero-order valence-electron chi connectivity index (χ0n) is 16.1. The maximum atomic E-state index is 12.7. The predicted octanol–water partition coefficient (Wildman–Crippen LogP) is 3.15. The molecule has 0 heterocycles. The Morgan fingerprint density at radius 3 is 2.37 bits per heavy atom. The van der Waals surface area contributed by atoms with Gasteiger partial charge in [-0.15, -0.1) is 0 Å². The van der Waals surface area contributed by atoms with Gasteiger partial charge in [0, 0.05) is 17.6 Å². The van der Waals surface area contributed by atoms with E-state index in [1.54, 1.807) is 36.4 Å². The average molecular weight is 389 g/mol. The highest BCUT2D eigenvalue weighted by molar-refractivity contribution is 7.90. The monoisotopic (exact) mass is 388 g/mol. The first-order chi connectivity index (χ1) is 12.6. The van der Waals surface area contributed by atoms with Crippen LogP contribution >= 0.6 is 0 Å². The predicted molar refractivity (Wildman–Crippen MR) is 108 cm³/mol. The average Bonchev–Trinajstić information content (AvgIpc) is 2.61. The Labute approximate surface area is 161 Å². The van der Waals surface area contributed by atoms with Crippen LogP contribution in [0.5, 0.6) is 0 Å². The lowest BCUT2D eigenvalue weighted by Crippen LogP contribution is -2.52. The van der Waals surface area contributed by atoms with E-state index in [2.05, 4.69) is 19.2 Å². The lowest BCUT2D eigenvalue weighted by molar-refractivity contribution is 0.0898. The van der Waals surface area contributed by atoms with Crippen LogP contribution in [0.15, 0.2) is 59.5 Å². The third kappa shape index (κ3) is 5.91. The second kappa shape index (κ2) is 8.67. The van der Waals surface area contributed by atoms with E-state index < -0.39 is 15.4 Å². The Bertz CT molecular complexity index is 879. The zero-order valence-corrected chi connectivity index (χ0v) is 16.9. The summed E-state index contributed by atoms with van der Waals surface area (Å²) in [5.74, 6) is -0.0518. The molecule has 0 saturated carbocycles. The third-order valence-electron chi connectivity index (χ3n) is 4.38. The Kier molecular flexibility index (Phi) is 6.78. The minimum Gasteiger partial charge on any atom is -0.346 e. The summed E-state index contributed by atoms with van der Waals surface area (Å²) in [4.78, 5) is 12.8. The van der Waals surface area contributed by atoms with Crippen LogP contribution in [0.2, 0.25) is 0 Å². The van der Waals surface area contributed by atoms with Crippen LogP contribution in [0.1, 0.15) is 43.1 Å². The zero-order chi connectivity index (χ0) is 20.1. The molecule has 1 atom stereocenters. The van der Waals surface area contributed by atoms with E-state index in [1.807, 2.05) is 13.0 Å². The molecule has 27 heavy (non-hydrogen) atoms. The number of hydrogen-bond acceptors (Lipinski definition) is 4. The maximum absolute atomic E-state index is 12.7. The Hall–Kier alpha value is -2.18. The van der Waals surface area contributed by atoms with Crippen molar-refractivity contribution in [3.63, 3.8) is 0 Å². The fourth-order valence-corrected chi connectivity index (χ4v) is 4.53. The minimum absolute atomic E-state index is 0.104. The molecule has 1 unspecified atom stereocenters. The molecule has 0 spiro atoms. The van der Waals surface area contributed by atoms with Gasteiger partial charge in [0.1, 0.15) is 0 Å². The summed E-state index contributed by atoms with van der Waals surface area (Å²) in [7, 11) is -3.54. The third-order valence-corrected chi connectivity index (χ3v) is 6.06. The summed E-state index contributed by atoms with van der Waals surface area (Å²) in [6.07, 6.45) is 0.737. The highest BCUT2D eigenvalue weighted by Crippen LogP contribution is 2.20. The molecule has 2 aromatic carbocycles. The van der Waals surface area contributed by atoms with Gasteiger partial charge in [0.15, 0.2) is 9.84 Å². The van der Waals surface area contributed by atoms with Gasteiger partial charge >= 0.3 is 0 Å². The Balaban J connectivity index is 2.22. The molecule has 0 aliphatic carbocycles. The fourth-order valence-electron chi connectivity index (χ4n) is 3.14. The highest BCUT2D eigenvalue weighted by Gasteiger charge is 2.27. The molecule has 0 aliphatic rings. The Morgan fingerprint density at radius 2 is 1.78 bits per heavy atom. The molecule has 2 aromatic rings. The van der Waals surface area contributed by atoms with Gasteiger partial charge in [-0.1, -0.05) is 50.2 Å². The minimum atomic E-state index is -3.54. The standard InChI is InChI=1S/C21H28N2O3S/c1-16(2)13-21(3,15-22)23-20(24)18-10-7-11-19(12-18)27(25,26)14-17-8-5-4-6-9-17/h4-12,16H,13-15,22H2,1-3H3,(H,23,24). The summed E-state index contributed by atoms with van der Waals surface area (Å²) in [6.45, 7) is 6.34. The number of carbonyl (C=O) groups excluding carboxylic acids is 1. The van der Waals surface area contributed by atoms with Gasteiger partial charge in [-0.25, -0.2) is 8.42 Å². The smallest absolute Gasteiger partial charge is 0.251 e. The van der Waals surface area contributed by atoms with Crippen molar-refractivity contribution in [1.29, 1.82) is 0 Å². The van der Waals surface area contributed by atoms with Gasteiger partial charge in [0.2, 0.25) is 0 Å². The van der Waals surface area contributed by atoms with Crippen molar-refractivity contribution in [3.05, 3.63) is 65.7 Å². The van der Waals surface area contributed by atoms with Crippen molar-refractivity contribution in [2.24, 2.45) is 11.7 Å². The van der Waals surface area contributed by atoms with Gasteiger partial charge in [-0.3, -0.25) is 4.79 Å². The van der Waals surface area contributed by atoms with E-state index in [9.17, 15) is 13.2 Å². The first-order valence-electron chi connectivity index (χ1n) is 9.04. The summed E-state index contributed by atoms with van der Waals surface area (Å²) < 4.78 is 25.4. The summed E-state index contributed by atoms with van der Waals surface area (Å²) in [5, 5.41) is 2.96. The molecule has 0 aliphatic heterocycles. The molecule has 0 aromatic heterocycles. The number of sulfone groups is 1. The largest absolute Gasteiger partial charge is 0.346 e. The van der Waals surface area contributed by atoms with Crippen LogP contribution in [-0.4, -0.2) is 26.4 Å². The first kappa shape index (κ1) is 21.1. The van der Waals surface area contributed by atoms with Crippen molar-refractivity contribution in [2.75, 3.05) is 6.54 Å². The van der Waals surface area contributed by atoms with E-state index >= 15 is 0 Å². The van der Waals surface area contributed by atoms with Gasteiger partial charge < -0.3 is 11.1 Å². The van der Waals surface area contributed by atoms with Crippen LogP contribution in [0, 0.1) is 5.92 Å². The first-order valence-corrected chi connectivity index (χ1v) is 10.7. The number of nitrogens with two attached hydrogens (primary N) is 1. The number of hydrogen-bond donors (Lipinski definition) is 2. The van der Waals surface area contributed by atoms with E-state index in [0.29, 0.717) is 23.6 Å². The summed E-state index contributed by atoms with van der Waals surface area (Å²) >= 11 is 0. The number of nitrogens with one attached hydrogen (secondary N) is 1. The molecular weight excluding hydrogens is 360 g/mol. The van der Waals surface area contributed by atoms with Crippen LogP contribution < -0.4 is 11.1 Å². The molecule has 1 amide bonds. The van der Waals surface area contributed by atoms with Crippen molar-refractivity contribution in [1.82, 2.24) is 5.32 Å². The molecule has 0 radical (unpaired) electrons. The van der Waals surface area contributed by atoms with Crippen molar-refractivity contribution >= 4 is 15.7 Å². The number of rotatable bonds is 8. The molecule has 6 heteroatoms. The topological polar surface area (TPSA) is 89.3 Å². The molecule has 0 fully saturated rings. The number of amides is 1. The van der Waals surface area contributed by atoms with Gasteiger partial charge in [0.25, 0.3) is 5.91 Å². The molecule has 146 valence electrons. The second-order valence-corrected chi connectivity index (χ2v) is 9.58. The SMILES string of the molecule is CC(C)CC(C)(CN)NC(=O)c1cccc(S(=O)(=O)Cc2ccccc2)c1. The van der Waals surface area contributed by atoms with Gasteiger partial charge in [-0.05, 0) is 43.0 Å². The van der Waals surface area contributed by atoms with Crippen LogP contribution in [-0.2, 0) is 15.6 Å². The molecule has 3 N–H and O–H groups in total. The lowest BCUT2D eigenvalue weighted by Gasteiger charge is -2.31. The highest BCUT2D eigenvalue weighted by atomic mass is 32.2. The number of benzene rings is 2. The second-order valence-electron chi connectivity index (χ2n) is 7.59. The van der Waals surface area contributed by atoms with Crippen LogP contribution in [0.25, 0.3) is 0 Å². The van der Waals surface area contributed by atoms with Crippen molar-refractivity contribution < 1.29 is 13.2 Å². The maximum Gasteiger partial charge on any atom is 0.251 e.